The van der Waals surface area contributed by atoms with E-state index < -0.39 is 0 Å². The summed E-state index contributed by atoms with van der Waals surface area (Å²) in [4.78, 5) is 12.3. The summed E-state index contributed by atoms with van der Waals surface area (Å²) in [6, 6.07) is 0.266. The Balaban J connectivity index is 2.03. The number of thioether (sulfide) groups is 1. The molecule has 6 nitrogen and oxygen atoms in total. The van der Waals surface area contributed by atoms with E-state index in [0.717, 1.165) is 12.2 Å². The van der Waals surface area contributed by atoms with E-state index in [-0.39, 0.29) is 29.0 Å². The topological polar surface area (TPSA) is 89.8 Å². The maximum absolute atomic E-state index is 9.17. The number of aliphatic hydroxyl groups excluding tert-OH is 1. The van der Waals surface area contributed by atoms with Crippen LogP contribution in [0.25, 0.3) is 11.2 Å². The fraction of sp³-hybridized carbons (Fsp3) is 0.500. The predicted molar refractivity (Wildman–Crippen MR) is 71.7 cm³/mol. The molecular formula is C10H12ClN5OS. The van der Waals surface area contributed by atoms with Gasteiger partial charge in [0.1, 0.15) is 5.52 Å². The van der Waals surface area contributed by atoms with Crippen molar-refractivity contribution < 1.29 is 5.11 Å². The van der Waals surface area contributed by atoms with Crippen LogP contribution in [0.1, 0.15) is 12.5 Å². The molecule has 0 radical (unpaired) electrons. The normalized spacial score (nSPS) is 23.9. The average Bonchev–Trinajstić information content (AvgIpc) is 2.93. The zero-order valence-electron chi connectivity index (χ0n) is 9.45. The van der Waals surface area contributed by atoms with E-state index >= 15 is 0 Å². The minimum atomic E-state index is 0.151. The lowest BCUT2D eigenvalue weighted by Crippen LogP contribution is -2.11. The molecule has 0 bridgehead atoms. The lowest BCUT2D eigenvalue weighted by atomic mass is 10.2. The molecule has 1 saturated heterocycles. The lowest BCUT2D eigenvalue weighted by Gasteiger charge is -2.11. The number of imidazole rings is 1. The number of aromatic nitrogens is 4. The number of rotatable bonds is 2. The van der Waals surface area contributed by atoms with E-state index in [2.05, 4.69) is 15.0 Å². The van der Waals surface area contributed by atoms with Crippen LogP contribution in [0.2, 0.25) is 5.15 Å². The molecular weight excluding hydrogens is 274 g/mol. The van der Waals surface area contributed by atoms with Crippen molar-refractivity contribution in [3.8, 4) is 0 Å². The molecule has 0 aliphatic carbocycles. The van der Waals surface area contributed by atoms with Crippen LogP contribution in [-0.2, 0) is 0 Å². The lowest BCUT2D eigenvalue weighted by molar-refractivity contribution is 0.286. The molecule has 0 unspecified atom stereocenters. The van der Waals surface area contributed by atoms with Gasteiger partial charge >= 0.3 is 0 Å². The highest BCUT2D eigenvalue weighted by atomic mass is 35.5. The Hall–Kier alpha value is -1.05. The molecule has 1 aliphatic rings. The van der Waals surface area contributed by atoms with Crippen LogP contribution in [0, 0.1) is 0 Å². The highest BCUT2D eigenvalue weighted by Gasteiger charge is 2.27. The molecule has 1 aliphatic heterocycles. The van der Waals surface area contributed by atoms with Crippen molar-refractivity contribution in [2.45, 2.75) is 17.7 Å². The molecule has 0 spiro atoms. The van der Waals surface area contributed by atoms with E-state index in [1.807, 2.05) is 4.57 Å². The molecule has 2 aromatic heterocycles. The zero-order valence-corrected chi connectivity index (χ0v) is 11.0. The summed E-state index contributed by atoms with van der Waals surface area (Å²) in [6.45, 7) is 0.200. The fourth-order valence-corrected chi connectivity index (χ4v) is 3.65. The molecule has 8 heteroatoms. The first-order chi connectivity index (χ1) is 8.69. The summed E-state index contributed by atoms with van der Waals surface area (Å²) >= 11 is 7.75. The second-order valence-electron chi connectivity index (χ2n) is 4.22. The number of fused-ring (bicyclic) bond motifs is 1. The van der Waals surface area contributed by atoms with Gasteiger partial charge in [-0.2, -0.15) is 21.7 Å². The second-order valence-corrected chi connectivity index (χ2v) is 5.92. The number of nitrogens with zero attached hydrogens (tertiary/aromatic N) is 4. The van der Waals surface area contributed by atoms with E-state index in [4.69, 9.17) is 17.3 Å². The van der Waals surface area contributed by atoms with Gasteiger partial charge in [0.2, 0.25) is 5.95 Å². The first-order valence-electron chi connectivity index (χ1n) is 5.57. The number of nitrogens with two attached hydrogens (primary N) is 1. The standard InChI is InChI=1S/C10H12ClN5OS/c11-8-7-9(15-10(12)14-8)16(4-13-7)5-1-6(2-17)18-3-5/h4-6,17H,1-3H2,(H2,12,14,15)/t5-,6-/m1/s1. The Morgan fingerprint density at radius 2 is 2.39 bits per heavy atom. The molecule has 3 N–H and O–H groups in total. The molecule has 96 valence electrons. The Morgan fingerprint density at radius 1 is 1.56 bits per heavy atom. The fourth-order valence-electron chi connectivity index (χ4n) is 2.17. The van der Waals surface area contributed by atoms with Crippen LogP contribution in [-0.4, -0.2) is 42.2 Å². The smallest absolute Gasteiger partial charge is 0.223 e. The summed E-state index contributed by atoms with van der Waals surface area (Å²) in [5, 5.41) is 9.73. The van der Waals surface area contributed by atoms with Crippen molar-refractivity contribution >= 4 is 40.5 Å². The summed E-state index contributed by atoms with van der Waals surface area (Å²) in [6.07, 6.45) is 2.61. The van der Waals surface area contributed by atoms with E-state index in [9.17, 15) is 5.11 Å². The van der Waals surface area contributed by atoms with Crippen molar-refractivity contribution in [3.63, 3.8) is 0 Å². The van der Waals surface area contributed by atoms with Crippen molar-refractivity contribution in [1.82, 2.24) is 19.5 Å². The number of hydrogen-bond acceptors (Lipinski definition) is 6. The number of aliphatic hydroxyl groups is 1. The van der Waals surface area contributed by atoms with Gasteiger partial charge < -0.3 is 15.4 Å². The summed E-state index contributed by atoms with van der Waals surface area (Å²) < 4.78 is 1.97. The van der Waals surface area contributed by atoms with Crippen molar-refractivity contribution in [2.75, 3.05) is 18.1 Å². The predicted octanol–water partition coefficient (Wildman–Crippen LogP) is 1.10. The van der Waals surface area contributed by atoms with Gasteiger partial charge in [-0.15, -0.1) is 0 Å². The average molecular weight is 286 g/mol. The Labute approximate surface area is 113 Å². The summed E-state index contributed by atoms with van der Waals surface area (Å²) in [5.74, 6) is 1.08. The highest BCUT2D eigenvalue weighted by Crippen LogP contribution is 2.36. The van der Waals surface area contributed by atoms with Crippen molar-refractivity contribution in [1.29, 1.82) is 0 Å². The van der Waals surface area contributed by atoms with E-state index in [1.165, 1.54) is 0 Å². The number of nitrogen functional groups attached to an aromatic ring is 1. The molecule has 2 aromatic rings. The highest BCUT2D eigenvalue weighted by molar-refractivity contribution is 8.00. The monoisotopic (exact) mass is 285 g/mol. The van der Waals surface area contributed by atoms with Crippen LogP contribution in [0.4, 0.5) is 5.95 Å². The minimum absolute atomic E-state index is 0.151. The Bertz CT molecular complexity index is 589. The Kier molecular flexibility index (Phi) is 3.04. The molecule has 0 amide bonds. The third kappa shape index (κ3) is 1.92. The van der Waals surface area contributed by atoms with Crippen LogP contribution in [0.5, 0.6) is 0 Å². The van der Waals surface area contributed by atoms with E-state index in [1.54, 1.807) is 18.1 Å². The van der Waals surface area contributed by atoms with Crippen molar-refractivity contribution in [2.24, 2.45) is 0 Å². The molecule has 1 fully saturated rings. The van der Waals surface area contributed by atoms with Gasteiger partial charge in [-0.25, -0.2) is 4.98 Å². The van der Waals surface area contributed by atoms with Gasteiger partial charge in [0.05, 0.1) is 12.9 Å². The molecule has 18 heavy (non-hydrogen) atoms. The summed E-state index contributed by atoms with van der Waals surface area (Å²) in [7, 11) is 0. The van der Waals surface area contributed by atoms with Gasteiger partial charge in [0.15, 0.2) is 10.8 Å². The quantitative estimate of drug-likeness (QED) is 0.803. The maximum atomic E-state index is 9.17. The van der Waals surface area contributed by atoms with Crippen LogP contribution in [0.3, 0.4) is 0 Å². The van der Waals surface area contributed by atoms with Gasteiger partial charge in [-0.05, 0) is 6.42 Å². The first kappa shape index (κ1) is 12.0. The van der Waals surface area contributed by atoms with E-state index in [0.29, 0.717) is 11.2 Å². The minimum Gasteiger partial charge on any atom is -0.395 e. The third-order valence-corrected chi connectivity index (χ3v) is 4.71. The molecule has 3 heterocycles. The zero-order chi connectivity index (χ0) is 12.7. The van der Waals surface area contributed by atoms with Crippen LogP contribution < -0.4 is 5.73 Å². The molecule has 0 aromatic carbocycles. The number of hydrogen-bond donors (Lipinski definition) is 2. The van der Waals surface area contributed by atoms with Gasteiger partial charge in [0.25, 0.3) is 0 Å². The maximum Gasteiger partial charge on any atom is 0.223 e. The molecule has 0 saturated carbocycles. The third-order valence-electron chi connectivity index (χ3n) is 3.05. The largest absolute Gasteiger partial charge is 0.395 e. The SMILES string of the molecule is Nc1nc(Cl)c2ncn([C@H]3CS[C@@H](CO)C3)c2n1. The second kappa shape index (κ2) is 4.56. The van der Waals surface area contributed by atoms with Crippen LogP contribution in [0.15, 0.2) is 6.33 Å². The number of halogens is 1. The molecule has 3 rings (SSSR count). The van der Waals surface area contributed by atoms with Crippen molar-refractivity contribution in [3.05, 3.63) is 11.5 Å². The van der Waals surface area contributed by atoms with Gasteiger partial charge in [-0.3, -0.25) is 0 Å². The molecule has 2 atom stereocenters. The summed E-state index contributed by atoms with van der Waals surface area (Å²) in [5.41, 5.74) is 6.85. The van der Waals surface area contributed by atoms with Gasteiger partial charge in [0, 0.05) is 17.0 Å². The number of anilines is 1. The van der Waals surface area contributed by atoms with Gasteiger partial charge in [-0.1, -0.05) is 11.6 Å². The van der Waals surface area contributed by atoms with Crippen LogP contribution >= 0.6 is 23.4 Å². The Morgan fingerprint density at radius 3 is 3.11 bits per heavy atom. The first-order valence-corrected chi connectivity index (χ1v) is 6.99.